The highest BCUT2D eigenvalue weighted by Gasteiger charge is 2.27. The second-order valence-corrected chi connectivity index (χ2v) is 5.21. The van der Waals surface area contributed by atoms with Crippen LogP contribution in [0.5, 0.6) is 0 Å². The van der Waals surface area contributed by atoms with Crippen LogP contribution in [0.2, 0.25) is 0 Å². The first kappa shape index (κ1) is 11.0. The van der Waals surface area contributed by atoms with Gasteiger partial charge in [-0.05, 0) is 45.2 Å². The second-order valence-electron chi connectivity index (χ2n) is 5.21. The van der Waals surface area contributed by atoms with E-state index in [2.05, 4.69) is 15.3 Å². The van der Waals surface area contributed by atoms with E-state index in [9.17, 15) is 4.79 Å². The molecule has 4 nitrogen and oxygen atoms in total. The summed E-state index contributed by atoms with van der Waals surface area (Å²) < 4.78 is 0. The van der Waals surface area contributed by atoms with Crippen molar-refractivity contribution < 1.29 is 0 Å². The summed E-state index contributed by atoms with van der Waals surface area (Å²) in [6, 6.07) is 1.68. The highest BCUT2D eigenvalue weighted by molar-refractivity contribution is 5.15. The van der Waals surface area contributed by atoms with Crippen LogP contribution in [0.3, 0.4) is 0 Å². The summed E-state index contributed by atoms with van der Waals surface area (Å²) >= 11 is 0. The van der Waals surface area contributed by atoms with Gasteiger partial charge in [-0.1, -0.05) is 0 Å². The largest absolute Gasteiger partial charge is 0.317 e. The monoisotopic (exact) mass is 233 g/mol. The zero-order valence-corrected chi connectivity index (χ0v) is 10.0. The topological polar surface area (TPSA) is 57.8 Å². The van der Waals surface area contributed by atoms with Gasteiger partial charge in [0, 0.05) is 17.9 Å². The standard InChI is InChI=1S/C13H19N3O/c17-12-8-11(9-3-4-9)15-13(16-12)10-2-1-6-14-7-5-10/h8-10,14H,1-7H2,(H,15,16,17). The number of aromatic nitrogens is 2. The number of hydrogen-bond donors (Lipinski definition) is 2. The summed E-state index contributed by atoms with van der Waals surface area (Å²) in [5, 5.41) is 3.39. The fraction of sp³-hybridized carbons (Fsp3) is 0.692. The molecule has 1 saturated heterocycles. The molecular weight excluding hydrogens is 214 g/mol. The van der Waals surface area contributed by atoms with Gasteiger partial charge < -0.3 is 10.3 Å². The Morgan fingerprint density at radius 2 is 2.00 bits per heavy atom. The minimum absolute atomic E-state index is 0.0223. The normalized spacial score (nSPS) is 25.5. The van der Waals surface area contributed by atoms with Crippen LogP contribution >= 0.6 is 0 Å². The summed E-state index contributed by atoms with van der Waals surface area (Å²) in [4.78, 5) is 19.3. The molecule has 4 heteroatoms. The molecule has 1 aliphatic carbocycles. The molecule has 3 rings (SSSR count). The van der Waals surface area contributed by atoms with Crippen molar-refractivity contribution in [3.05, 3.63) is 27.9 Å². The number of hydrogen-bond acceptors (Lipinski definition) is 3. The van der Waals surface area contributed by atoms with Gasteiger partial charge in [0.25, 0.3) is 5.56 Å². The minimum atomic E-state index is 0.0223. The Kier molecular flexibility index (Phi) is 2.97. The van der Waals surface area contributed by atoms with Crippen molar-refractivity contribution in [2.45, 2.75) is 43.9 Å². The predicted molar refractivity (Wildman–Crippen MR) is 66.3 cm³/mol. The van der Waals surface area contributed by atoms with Crippen molar-refractivity contribution in [3.8, 4) is 0 Å². The fourth-order valence-corrected chi connectivity index (χ4v) is 2.57. The molecule has 92 valence electrons. The molecule has 2 fully saturated rings. The van der Waals surface area contributed by atoms with Gasteiger partial charge in [-0.3, -0.25) is 4.79 Å². The van der Waals surface area contributed by atoms with E-state index >= 15 is 0 Å². The number of nitrogens with zero attached hydrogens (tertiary/aromatic N) is 1. The first-order valence-corrected chi connectivity index (χ1v) is 6.65. The SMILES string of the molecule is O=c1cc(C2CC2)nc(C2CCCNCC2)[nH]1. The van der Waals surface area contributed by atoms with Crippen LogP contribution in [0.15, 0.2) is 10.9 Å². The van der Waals surface area contributed by atoms with Gasteiger partial charge in [0.05, 0.1) is 5.69 Å². The van der Waals surface area contributed by atoms with Crippen LogP contribution in [-0.2, 0) is 0 Å². The molecule has 0 amide bonds. The average Bonchev–Trinajstić information content (AvgIpc) is 3.16. The van der Waals surface area contributed by atoms with E-state index in [1.807, 2.05) is 0 Å². The van der Waals surface area contributed by atoms with E-state index in [-0.39, 0.29) is 5.56 Å². The Hall–Kier alpha value is -1.16. The quantitative estimate of drug-likeness (QED) is 0.814. The Morgan fingerprint density at radius 1 is 1.12 bits per heavy atom. The Balaban J connectivity index is 1.87. The molecule has 1 aromatic rings. The number of rotatable bonds is 2. The van der Waals surface area contributed by atoms with Crippen LogP contribution in [0.4, 0.5) is 0 Å². The molecule has 2 heterocycles. The number of nitrogens with one attached hydrogen (secondary N) is 2. The van der Waals surface area contributed by atoms with Crippen molar-refractivity contribution >= 4 is 0 Å². The third kappa shape index (κ3) is 2.57. The lowest BCUT2D eigenvalue weighted by Gasteiger charge is -2.13. The number of aromatic amines is 1. The zero-order valence-electron chi connectivity index (χ0n) is 10.0. The molecule has 2 N–H and O–H groups in total. The van der Waals surface area contributed by atoms with E-state index in [0.717, 1.165) is 37.4 Å². The molecule has 1 unspecified atom stereocenters. The molecule has 0 radical (unpaired) electrons. The minimum Gasteiger partial charge on any atom is -0.317 e. The van der Waals surface area contributed by atoms with Crippen LogP contribution in [0, 0.1) is 0 Å². The average molecular weight is 233 g/mol. The molecule has 1 saturated carbocycles. The molecule has 1 atom stereocenters. The van der Waals surface area contributed by atoms with Crippen molar-refractivity contribution in [2.75, 3.05) is 13.1 Å². The van der Waals surface area contributed by atoms with E-state index < -0.39 is 0 Å². The third-order valence-electron chi connectivity index (χ3n) is 3.74. The van der Waals surface area contributed by atoms with Crippen molar-refractivity contribution in [1.29, 1.82) is 0 Å². The Labute approximate surface area is 101 Å². The molecule has 1 aliphatic heterocycles. The van der Waals surface area contributed by atoms with Crippen LogP contribution in [0.25, 0.3) is 0 Å². The van der Waals surface area contributed by atoms with Gasteiger partial charge in [0.2, 0.25) is 0 Å². The maximum absolute atomic E-state index is 11.7. The van der Waals surface area contributed by atoms with E-state index in [1.54, 1.807) is 6.07 Å². The molecular formula is C13H19N3O. The lowest BCUT2D eigenvalue weighted by molar-refractivity contribution is 0.569. The van der Waals surface area contributed by atoms with Gasteiger partial charge in [-0.15, -0.1) is 0 Å². The van der Waals surface area contributed by atoms with Gasteiger partial charge in [-0.25, -0.2) is 4.98 Å². The smallest absolute Gasteiger partial charge is 0.251 e. The summed E-state index contributed by atoms with van der Waals surface area (Å²) in [6.45, 7) is 2.12. The lowest BCUT2D eigenvalue weighted by Crippen LogP contribution is -2.17. The molecule has 17 heavy (non-hydrogen) atoms. The Bertz CT molecular complexity index is 442. The highest BCUT2D eigenvalue weighted by atomic mass is 16.1. The van der Waals surface area contributed by atoms with E-state index in [0.29, 0.717) is 11.8 Å². The summed E-state index contributed by atoms with van der Waals surface area (Å²) in [6.07, 6.45) is 5.77. The molecule has 0 bridgehead atoms. The maximum Gasteiger partial charge on any atom is 0.251 e. The summed E-state index contributed by atoms with van der Waals surface area (Å²) in [7, 11) is 0. The lowest BCUT2D eigenvalue weighted by atomic mass is 9.99. The van der Waals surface area contributed by atoms with Gasteiger partial charge in [0.15, 0.2) is 0 Å². The first-order chi connectivity index (χ1) is 8.33. The summed E-state index contributed by atoms with van der Waals surface area (Å²) in [5.74, 6) is 1.90. The fourth-order valence-electron chi connectivity index (χ4n) is 2.57. The predicted octanol–water partition coefficient (Wildman–Crippen LogP) is 1.50. The number of H-pyrrole nitrogens is 1. The Morgan fingerprint density at radius 3 is 2.82 bits per heavy atom. The highest BCUT2D eigenvalue weighted by Crippen LogP contribution is 2.38. The van der Waals surface area contributed by atoms with E-state index in [1.165, 1.54) is 19.3 Å². The third-order valence-corrected chi connectivity index (χ3v) is 3.74. The molecule has 0 spiro atoms. The van der Waals surface area contributed by atoms with Gasteiger partial charge >= 0.3 is 0 Å². The summed E-state index contributed by atoms with van der Waals surface area (Å²) in [5.41, 5.74) is 1.04. The van der Waals surface area contributed by atoms with Gasteiger partial charge in [0.1, 0.15) is 5.82 Å². The first-order valence-electron chi connectivity index (χ1n) is 6.65. The van der Waals surface area contributed by atoms with Crippen molar-refractivity contribution in [2.24, 2.45) is 0 Å². The van der Waals surface area contributed by atoms with Crippen LogP contribution in [-0.4, -0.2) is 23.1 Å². The second kappa shape index (κ2) is 4.61. The molecule has 2 aliphatic rings. The van der Waals surface area contributed by atoms with Crippen LogP contribution < -0.4 is 10.9 Å². The van der Waals surface area contributed by atoms with Crippen LogP contribution in [0.1, 0.15) is 55.5 Å². The van der Waals surface area contributed by atoms with Crippen molar-refractivity contribution in [1.82, 2.24) is 15.3 Å². The maximum atomic E-state index is 11.7. The zero-order chi connectivity index (χ0) is 11.7. The van der Waals surface area contributed by atoms with E-state index in [4.69, 9.17) is 0 Å². The van der Waals surface area contributed by atoms with Crippen molar-refractivity contribution in [3.63, 3.8) is 0 Å². The molecule has 0 aromatic carbocycles. The van der Waals surface area contributed by atoms with Gasteiger partial charge in [-0.2, -0.15) is 0 Å². The molecule has 1 aromatic heterocycles.